The maximum absolute atomic E-state index is 11.3. The van der Waals surface area contributed by atoms with Crippen molar-refractivity contribution >= 4 is 27.9 Å². The third-order valence-electron chi connectivity index (χ3n) is 4.46. The third kappa shape index (κ3) is 2.54. The molecule has 0 spiro atoms. The number of aromatic nitrogens is 3. The summed E-state index contributed by atoms with van der Waals surface area (Å²) in [5.41, 5.74) is 4.84. The molecule has 124 valence electrons. The van der Waals surface area contributed by atoms with Crippen LogP contribution in [0, 0.1) is 0 Å². The van der Waals surface area contributed by atoms with E-state index in [2.05, 4.69) is 40.9 Å². The van der Waals surface area contributed by atoms with E-state index in [0.717, 1.165) is 27.5 Å². The third-order valence-corrected chi connectivity index (χ3v) is 4.46. The van der Waals surface area contributed by atoms with E-state index in [1.807, 2.05) is 12.1 Å². The highest BCUT2D eigenvalue weighted by Gasteiger charge is 2.15. The maximum Gasteiger partial charge on any atom is 0.335 e. The van der Waals surface area contributed by atoms with Crippen LogP contribution in [0.25, 0.3) is 33.2 Å². The van der Waals surface area contributed by atoms with Crippen LogP contribution in [0.15, 0.2) is 48.8 Å². The summed E-state index contributed by atoms with van der Waals surface area (Å²) in [7, 11) is 0. The molecule has 0 aliphatic heterocycles. The lowest BCUT2D eigenvalue weighted by Crippen LogP contribution is -1.95. The van der Waals surface area contributed by atoms with Gasteiger partial charge in [-0.15, -0.1) is 0 Å². The first kappa shape index (κ1) is 15.3. The number of aromatic carboxylic acids is 1. The van der Waals surface area contributed by atoms with E-state index in [4.69, 9.17) is 0 Å². The van der Waals surface area contributed by atoms with Crippen molar-refractivity contribution in [3.8, 4) is 11.3 Å². The van der Waals surface area contributed by atoms with Crippen molar-refractivity contribution in [3.05, 3.63) is 59.9 Å². The van der Waals surface area contributed by atoms with E-state index in [-0.39, 0.29) is 5.56 Å². The molecule has 0 bridgehead atoms. The fourth-order valence-corrected chi connectivity index (χ4v) is 3.12. The molecule has 0 radical (unpaired) electrons. The van der Waals surface area contributed by atoms with Gasteiger partial charge in [0.2, 0.25) is 0 Å². The molecule has 2 heterocycles. The van der Waals surface area contributed by atoms with E-state index in [1.54, 1.807) is 18.2 Å². The number of fused-ring (bicyclic) bond motifs is 3. The molecule has 4 rings (SSSR count). The van der Waals surface area contributed by atoms with Gasteiger partial charge in [0.05, 0.1) is 16.6 Å². The van der Waals surface area contributed by atoms with Crippen molar-refractivity contribution in [3.63, 3.8) is 0 Å². The fourth-order valence-electron chi connectivity index (χ4n) is 3.12. The molecule has 2 N–H and O–H groups in total. The Kier molecular flexibility index (Phi) is 3.50. The minimum absolute atomic E-state index is 0.249. The van der Waals surface area contributed by atoms with Gasteiger partial charge in [-0.2, -0.15) is 0 Å². The zero-order valence-electron chi connectivity index (χ0n) is 13.9. The maximum atomic E-state index is 11.3. The van der Waals surface area contributed by atoms with Crippen molar-refractivity contribution in [2.75, 3.05) is 0 Å². The molecule has 25 heavy (non-hydrogen) atoms. The summed E-state index contributed by atoms with van der Waals surface area (Å²) >= 11 is 0. The number of nitrogens with one attached hydrogen (secondary N) is 1. The Balaban J connectivity index is 2.04. The average Bonchev–Trinajstić information content (AvgIpc) is 2.99. The molecular formula is C20H17N3O2. The zero-order chi connectivity index (χ0) is 17.6. The number of carboxylic acids is 1. The van der Waals surface area contributed by atoms with Crippen molar-refractivity contribution in [2.45, 2.75) is 19.8 Å². The van der Waals surface area contributed by atoms with Gasteiger partial charge in [-0.1, -0.05) is 32.0 Å². The van der Waals surface area contributed by atoms with Gasteiger partial charge >= 0.3 is 5.97 Å². The van der Waals surface area contributed by atoms with E-state index in [9.17, 15) is 9.90 Å². The molecule has 0 unspecified atom stereocenters. The summed E-state index contributed by atoms with van der Waals surface area (Å²) in [6.07, 6.45) is 1.53. The second kappa shape index (κ2) is 5.70. The summed E-state index contributed by atoms with van der Waals surface area (Å²) in [6, 6.07) is 13.3. The lowest BCUT2D eigenvalue weighted by atomic mass is 9.98. The van der Waals surface area contributed by atoms with Gasteiger partial charge in [0.1, 0.15) is 12.0 Å². The summed E-state index contributed by atoms with van der Waals surface area (Å²) in [6.45, 7) is 4.30. The number of hydrogen-bond acceptors (Lipinski definition) is 3. The molecule has 0 atom stereocenters. The first-order chi connectivity index (χ1) is 12.0. The number of hydrogen-bond donors (Lipinski definition) is 2. The van der Waals surface area contributed by atoms with Gasteiger partial charge < -0.3 is 10.1 Å². The van der Waals surface area contributed by atoms with Gasteiger partial charge in [0, 0.05) is 16.5 Å². The normalized spacial score (nSPS) is 11.5. The first-order valence-corrected chi connectivity index (χ1v) is 8.14. The van der Waals surface area contributed by atoms with E-state index in [1.165, 1.54) is 11.9 Å². The fraction of sp³-hybridized carbons (Fsp3) is 0.150. The van der Waals surface area contributed by atoms with Gasteiger partial charge in [0.15, 0.2) is 0 Å². The Hall–Kier alpha value is -3.21. The van der Waals surface area contributed by atoms with Crippen LogP contribution >= 0.6 is 0 Å². The Morgan fingerprint density at radius 3 is 2.72 bits per heavy atom. The Morgan fingerprint density at radius 2 is 1.96 bits per heavy atom. The topological polar surface area (TPSA) is 78.9 Å². The number of benzene rings is 2. The highest BCUT2D eigenvalue weighted by atomic mass is 16.4. The van der Waals surface area contributed by atoms with E-state index in [0.29, 0.717) is 11.6 Å². The van der Waals surface area contributed by atoms with E-state index < -0.39 is 5.97 Å². The van der Waals surface area contributed by atoms with E-state index >= 15 is 0 Å². The van der Waals surface area contributed by atoms with Gasteiger partial charge in [-0.05, 0) is 35.7 Å². The lowest BCUT2D eigenvalue weighted by Gasteiger charge is -2.08. The van der Waals surface area contributed by atoms with Crippen molar-refractivity contribution in [2.24, 2.45) is 0 Å². The SMILES string of the molecule is CC(C)c1cccc(-c2ncnc3[nH]c4ccc(C(=O)O)cc4c23)c1. The quantitative estimate of drug-likeness (QED) is 0.575. The number of aromatic amines is 1. The van der Waals surface area contributed by atoms with Crippen LogP contribution < -0.4 is 0 Å². The summed E-state index contributed by atoms with van der Waals surface area (Å²) in [4.78, 5) is 23.4. The molecule has 2 aromatic heterocycles. The smallest absolute Gasteiger partial charge is 0.335 e. The summed E-state index contributed by atoms with van der Waals surface area (Å²) < 4.78 is 0. The van der Waals surface area contributed by atoms with Crippen molar-refractivity contribution in [1.82, 2.24) is 15.0 Å². The van der Waals surface area contributed by atoms with Crippen LogP contribution in [0.3, 0.4) is 0 Å². The predicted octanol–water partition coefficient (Wildman–Crippen LogP) is 4.60. The molecule has 0 saturated heterocycles. The number of nitrogens with zero attached hydrogens (tertiary/aromatic N) is 2. The van der Waals surface area contributed by atoms with Crippen LogP contribution in [0.5, 0.6) is 0 Å². The molecule has 0 aliphatic carbocycles. The van der Waals surface area contributed by atoms with Crippen LogP contribution in [0.4, 0.5) is 0 Å². The molecule has 0 saturated carbocycles. The monoisotopic (exact) mass is 331 g/mol. The van der Waals surface area contributed by atoms with Gasteiger partial charge in [0.25, 0.3) is 0 Å². The zero-order valence-corrected chi connectivity index (χ0v) is 13.9. The number of rotatable bonds is 3. The second-order valence-corrected chi connectivity index (χ2v) is 6.42. The highest BCUT2D eigenvalue weighted by Crippen LogP contribution is 2.33. The molecule has 4 aromatic rings. The molecular weight excluding hydrogens is 314 g/mol. The number of carboxylic acid groups (broad SMARTS) is 1. The minimum Gasteiger partial charge on any atom is -0.478 e. The van der Waals surface area contributed by atoms with Crippen LogP contribution in [-0.2, 0) is 0 Å². The van der Waals surface area contributed by atoms with Crippen molar-refractivity contribution < 1.29 is 9.90 Å². The van der Waals surface area contributed by atoms with Crippen molar-refractivity contribution in [1.29, 1.82) is 0 Å². The molecule has 5 heteroatoms. The average molecular weight is 331 g/mol. The Bertz CT molecular complexity index is 1110. The van der Waals surface area contributed by atoms with Gasteiger partial charge in [-0.3, -0.25) is 0 Å². The summed E-state index contributed by atoms with van der Waals surface area (Å²) in [5, 5.41) is 11.0. The van der Waals surface area contributed by atoms with Crippen LogP contribution in [-0.4, -0.2) is 26.0 Å². The molecule has 0 aliphatic rings. The number of carbonyl (C=O) groups is 1. The van der Waals surface area contributed by atoms with Crippen LogP contribution in [0.2, 0.25) is 0 Å². The minimum atomic E-state index is -0.948. The van der Waals surface area contributed by atoms with Crippen LogP contribution in [0.1, 0.15) is 35.7 Å². The largest absolute Gasteiger partial charge is 0.478 e. The Labute approximate surface area is 144 Å². The molecule has 2 aromatic carbocycles. The second-order valence-electron chi connectivity index (χ2n) is 6.42. The standard InChI is InChI=1S/C20H17N3O2/c1-11(2)12-4-3-5-13(8-12)18-17-15-9-14(20(24)25)6-7-16(15)23-19(17)22-10-21-18/h3-11H,1-2H3,(H,24,25)(H,21,22,23). The van der Waals surface area contributed by atoms with Gasteiger partial charge in [-0.25, -0.2) is 14.8 Å². The highest BCUT2D eigenvalue weighted by molar-refractivity contribution is 6.13. The number of H-pyrrole nitrogens is 1. The lowest BCUT2D eigenvalue weighted by molar-refractivity contribution is 0.0697. The molecule has 0 fully saturated rings. The molecule has 5 nitrogen and oxygen atoms in total. The summed E-state index contributed by atoms with van der Waals surface area (Å²) in [5.74, 6) is -0.532. The molecule has 0 amide bonds. The first-order valence-electron chi connectivity index (χ1n) is 8.14. The Morgan fingerprint density at radius 1 is 1.12 bits per heavy atom. The predicted molar refractivity (Wildman–Crippen MR) is 97.9 cm³/mol.